The van der Waals surface area contributed by atoms with Gasteiger partial charge in [-0.05, 0) is 79.7 Å². The van der Waals surface area contributed by atoms with Gasteiger partial charge >= 0.3 is 0 Å². The van der Waals surface area contributed by atoms with Crippen molar-refractivity contribution in [3.8, 4) is 0 Å². The van der Waals surface area contributed by atoms with Crippen LogP contribution in [0.2, 0.25) is 0 Å². The molecule has 0 radical (unpaired) electrons. The summed E-state index contributed by atoms with van der Waals surface area (Å²) in [6.07, 6.45) is 7.08. The molecule has 96 valence electrons. The van der Waals surface area contributed by atoms with Crippen molar-refractivity contribution in [3.05, 3.63) is 0 Å². The van der Waals surface area contributed by atoms with Gasteiger partial charge in [-0.2, -0.15) is 0 Å². The van der Waals surface area contributed by atoms with Crippen molar-refractivity contribution >= 4 is 0 Å². The molecule has 0 spiro atoms. The molecular weight excluding hydrogens is 196 g/mol. The van der Waals surface area contributed by atoms with Crippen LogP contribution in [0.3, 0.4) is 0 Å². The lowest BCUT2D eigenvalue weighted by Gasteiger charge is -2.31. The van der Waals surface area contributed by atoms with Crippen LogP contribution in [0.1, 0.15) is 52.9 Å². The number of likely N-dealkylation sites (tertiary alicyclic amines) is 2. The van der Waals surface area contributed by atoms with Gasteiger partial charge in [-0.1, -0.05) is 6.42 Å². The fourth-order valence-electron chi connectivity index (χ4n) is 2.44. The van der Waals surface area contributed by atoms with E-state index in [-0.39, 0.29) is 0 Å². The van der Waals surface area contributed by atoms with Gasteiger partial charge in [0.1, 0.15) is 0 Å². The largest absolute Gasteiger partial charge is 0.306 e. The van der Waals surface area contributed by atoms with E-state index in [1.165, 1.54) is 58.3 Å². The summed E-state index contributed by atoms with van der Waals surface area (Å²) in [6, 6.07) is 0. The van der Waals surface area contributed by atoms with Gasteiger partial charge < -0.3 is 4.90 Å². The number of piperidine rings is 1. The first-order chi connectivity index (χ1) is 7.50. The van der Waals surface area contributed by atoms with Crippen LogP contribution in [-0.2, 0) is 0 Å². The molecule has 0 amide bonds. The van der Waals surface area contributed by atoms with E-state index >= 15 is 0 Å². The minimum absolute atomic E-state index is 0.413. The molecule has 2 heteroatoms. The summed E-state index contributed by atoms with van der Waals surface area (Å²) in [6.45, 7) is 12.1. The summed E-state index contributed by atoms with van der Waals surface area (Å²) < 4.78 is 0. The van der Waals surface area contributed by atoms with Crippen LogP contribution in [0.5, 0.6) is 0 Å². The summed E-state index contributed by atoms with van der Waals surface area (Å²) in [7, 11) is 2.19. The third kappa shape index (κ3) is 5.31. The average molecular weight is 226 g/mol. The Bertz CT molecular complexity index is 172. The van der Waals surface area contributed by atoms with Gasteiger partial charge in [0.2, 0.25) is 0 Å². The Hall–Kier alpha value is -0.0800. The van der Waals surface area contributed by atoms with Crippen molar-refractivity contribution in [2.75, 3.05) is 33.2 Å². The number of hydrogen-bond donors (Lipinski definition) is 0. The zero-order chi connectivity index (χ0) is 12.0. The van der Waals surface area contributed by atoms with Crippen molar-refractivity contribution in [3.63, 3.8) is 0 Å². The minimum atomic E-state index is 0.413. The van der Waals surface area contributed by atoms with Crippen molar-refractivity contribution in [1.82, 2.24) is 9.80 Å². The molecule has 2 saturated heterocycles. The predicted molar refractivity (Wildman–Crippen MR) is 71.9 cm³/mol. The Morgan fingerprint density at radius 1 is 0.688 bits per heavy atom. The van der Waals surface area contributed by atoms with Crippen LogP contribution < -0.4 is 0 Å². The van der Waals surface area contributed by atoms with E-state index in [1.54, 1.807) is 0 Å². The number of nitrogens with zero attached hydrogens (tertiary/aromatic N) is 2. The van der Waals surface area contributed by atoms with Crippen LogP contribution in [-0.4, -0.2) is 48.6 Å². The summed E-state index contributed by atoms with van der Waals surface area (Å²) in [4.78, 5) is 4.94. The summed E-state index contributed by atoms with van der Waals surface area (Å²) in [5.41, 5.74) is 0.413. The molecule has 2 rings (SSSR count). The highest BCUT2D eigenvalue weighted by molar-refractivity contribution is 4.79. The molecule has 0 atom stereocenters. The lowest BCUT2D eigenvalue weighted by molar-refractivity contribution is 0.175. The normalized spacial score (nSPS) is 24.0. The second-order valence-corrected chi connectivity index (χ2v) is 6.23. The van der Waals surface area contributed by atoms with Gasteiger partial charge in [0.25, 0.3) is 0 Å². The van der Waals surface area contributed by atoms with Gasteiger partial charge in [-0.15, -0.1) is 0 Å². The topological polar surface area (TPSA) is 6.48 Å². The van der Waals surface area contributed by atoms with Crippen molar-refractivity contribution < 1.29 is 0 Å². The monoisotopic (exact) mass is 226 g/mol. The van der Waals surface area contributed by atoms with Gasteiger partial charge in [0.05, 0.1) is 0 Å². The Balaban J connectivity index is 0.000000165. The van der Waals surface area contributed by atoms with E-state index in [9.17, 15) is 0 Å². The fourth-order valence-corrected chi connectivity index (χ4v) is 2.44. The van der Waals surface area contributed by atoms with Crippen molar-refractivity contribution in [2.24, 2.45) is 0 Å². The highest BCUT2D eigenvalue weighted by Crippen LogP contribution is 2.19. The molecule has 0 saturated carbocycles. The Kier molecular flexibility index (Phi) is 5.77. The molecule has 0 aromatic heterocycles. The molecule has 2 aliphatic heterocycles. The molecule has 0 aromatic rings. The minimum Gasteiger partial charge on any atom is -0.306 e. The van der Waals surface area contributed by atoms with Gasteiger partial charge in [-0.3, -0.25) is 4.90 Å². The lowest BCUT2D eigenvalue weighted by atomic mass is 10.1. The molecule has 2 fully saturated rings. The Morgan fingerprint density at radius 3 is 1.38 bits per heavy atom. The molecule has 0 aromatic carbocycles. The molecule has 0 N–H and O–H groups in total. The summed E-state index contributed by atoms with van der Waals surface area (Å²) >= 11 is 0. The zero-order valence-corrected chi connectivity index (χ0v) is 11.8. The second kappa shape index (κ2) is 6.61. The molecule has 0 unspecified atom stereocenters. The molecular formula is C14H30N2. The SMILES string of the molecule is CC(C)(C)N1CCCC1.CN1CCCCC1. The van der Waals surface area contributed by atoms with Gasteiger partial charge in [0, 0.05) is 5.54 Å². The van der Waals surface area contributed by atoms with E-state index in [0.717, 1.165) is 0 Å². The Morgan fingerprint density at radius 2 is 1.12 bits per heavy atom. The van der Waals surface area contributed by atoms with Crippen LogP contribution in [0.4, 0.5) is 0 Å². The quantitative estimate of drug-likeness (QED) is 0.626. The van der Waals surface area contributed by atoms with E-state index in [1.807, 2.05) is 0 Å². The third-order valence-electron chi connectivity index (χ3n) is 3.63. The van der Waals surface area contributed by atoms with E-state index in [2.05, 4.69) is 37.6 Å². The second-order valence-electron chi connectivity index (χ2n) is 6.23. The maximum absolute atomic E-state index is 2.55. The first-order valence-electron chi connectivity index (χ1n) is 6.94. The van der Waals surface area contributed by atoms with Crippen LogP contribution >= 0.6 is 0 Å². The van der Waals surface area contributed by atoms with Crippen LogP contribution in [0.15, 0.2) is 0 Å². The smallest absolute Gasteiger partial charge is 0.0125 e. The predicted octanol–water partition coefficient (Wildman–Crippen LogP) is 2.98. The van der Waals surface area contributed by atoms with Crippen molar-refractivity contribution in [1.29, 1.82) is 0 Å². The summed E-state index contributed by atoms with van der Waals surface area (Å²) in [5, 5.41) is 0. The Labute approximate surface area is 102 Å². The van der Waals surface area contributed by atoms with E-state index in [4.69, 9.17) is 0 Å². The van der Waals surface area contributed by atoms with Gasteiger partial charge in [0.15, 0.2) is 0 Å². The fraction of sp³-hybridized carbons (Fsp3) is 1.00. The maximum atomic E-state index is 2.55. The molecule has 2 aliphatic rings. The maximum Gasteiger partial charge on any atom is 0.0125 e. The molecule has 0 bridgehead atoms. The molecule has 2 heterocycles. The van der Waals surface area contributed by atoms with E-state index < -0.39 is 0 Å². The van der Waals surface area contributed by atoms with Crippen LogP contribution in [0.25, 0.3) is 0 Å². The molecule has 2 nitrogen and oxygen atoms in total. The standard InChI is InChI=1S/C8H17N.C6H13N/c1-8(2,3)9-6-4-5-7-9;1-7-5-3-2-4-6-7/h4-7H2,1-3H3;2-6H2,1H3. The van der Waals surface area contributed by atoms with Gasteiger partial charge in [-0.25, -0.2) is 0 Å². The first-order valence-corrected chi connectivity index (χ1v) is 6.94. The highest BCUT2D eigenvalue weighted by Gasteiger charge is 2.23. The average Bonchev–Trinajstić information content (AvgIpc) is 2.71. The number of hydrogen-bond acceptors (Lipinski definition) is 2. The third-order valence-corrected chi connectivity index (χ3v) is 3.63. The van der Waals surface area contributed by atoms with Crippen molar-refractivity contribution in [2.45, 2.75) is 58.4 Å². The first kappa shape index (κ1) is 14.0. The summed E-state index contributed by atoms with van der Waals surface area (Å²) in [5.74, 6) is 0. The molecule has 0 aliphatic carbocycles. The van der Waals surface area contributed by atoms with E-state index in [0.29, 0.717) is 5.54 Å². The zero-order valence-electron chi connectivity index (χ0n) is 11.8. The molecule has 16 heavy (non-hydrogen) atoms. The number of rotatable bonds is 0. The van der Waals surface area contributed by atoms with Crippen LogP contribution in [0, 0.1) is 0 Å². The highest BCUT2D eigenvalue weighted by atomic mass is 15.2. The lowest BCUT2D eigenvalue weighted by Crippen LogP contribution is -2.38.